The average Bonchev–Trinajstić information content (AvgIpc) is 1.55. The third-order valence-electron chi connectivity index (χ3n) is 1.23. The van der Waals surface area contributed by atoms with Gasteiger partial charge >= 0.3 is 0 Å². The van der Waals surface area contributed by atoms with Gasteiger partial charge in [-0.1, -0.05) is 13.3 Å². The van der Waals surface area contributed by atoms with Crippen molar-refractivity contribution in [3.63, 3.8) is 0 Å². The van der Waals surface area contributed by atoms with Gasteiger partial charge in [-0.05, 0) is 20.3 Å². The van der Waals surface area contributed by atoms with Crippen LogP contribution in [0.1, 0.15) is 33.6 Å². The normalized spacial score (nSPS) is 13.5. The van der Waals surface area contributed by atoms with Crippen LogP contribution in [-0.4, -0.2) is 20.3 Å². The minimum atomic E-state index is -3.30. The van der Waals surface area contributed by atoms with Gasteiger partial charge < -0.3 is 0 Å². The Balaban J connectivity index is 4.13. The van der Waals surface area contributed by atoms with Crippen molar-refractivity contribution in [2.45, 2.75) is 39.2 Å². The zero-order valence-corrected chi connectivity index (χ0v) is 8.36. The Morgan fingerprint density at radius 2 is 1.82 bits per heavy atom. The van der Waals surface area contributed by atoms with Crippen molar-refractivity contribution in [2.75, 3.05) is 6.26 Å². The van der Waals surface area contributed by atoms with E-state index in [1.807, 2.05) is 6.92 Å². The van der Waals surface area contributed by atoms with Crippen LogP contribution in [0, 0.1) is 0 Å². The highest BCUT2D eigenvalue weighted by molar-refractivity contribution is 7.86. The maximum atomic E-state index is 10.7. The topological polar surface area (TPSA) is 43.4 Å². The van der Waals surface area contributed by atoms with E-state index in [-0.39, 0.29) is 0 Å². The molecule has 0 aromatic rings. The lowest BCUT2D eigenvalue weighted by Crippen LogP contribution is -2.27. The van der Waals surface area contributed by atoms with Crippen LogP contribution in [0.4, 0.5) is 0 Å². The highest BCUT2D eigenvalue weighted by Crippen LogP contribution is 2.18. The molecule has 0 aliphatic rings. The quantitative estimate of drug-likeness (QED) is 0.616. The first kappa shape index (κ1) is 10.9. The molecule has 68 valence electrons. The lowest BCUT2D eigenvalue weighted by molar-refractivity contribution is 0.108. The van der Waals surface area contributed by atoms with E-state index in [9.17, 15) is 8.42 Å². The summed E-state index contributed by atoms with van der Waals surface area (Å²) in [5.41, 5.74) is -0.553. The summed E-state index contributed by atoms with van der Waals surface area (Å²) < 4.78 is 26.2. The molecular formula is C7H16O3S. The van der Waals surface area contributed by atoms with Crippen LogP contribution >= 0.6 is 0 Å². The molecule has 0 atom stereocenters. The molecule has 0 N–H and O–H groups in total. The van der Waals surface area contributed by atoms with E-state index >= 15 is 0 Å². The van der Waals surface area contributed by atoms with Crippen LogP contribution in [0.25, 0.3) is 0 Å². The predicted molar refractivity (Wildman–Crippen MR) is 44.9 cm³/mol. The molecular weight excluding hydrogens is 164 g/mol. The lowest BCUT2D eigenvalue weighted by Gasteiger charge is -2.22. The maximum absolute atomic E-state index is 10.7. The van der Waals surface area contributed by atoms with Crippen LogP contribution in [0.2, 0.25) is 0 Å². The van der Waals surface area contributed by atoms with Crippen molar-refractivity contribution in [3.05, 3.63) is 0 Å². The molecule has 0 heterocycles. The Hall–Kier alpha value is -0.0900. The summed E-state index contributed by atoms with van der Waals surface area (Å²) in [5, 5.41) is 0. The fraction of sp³-hybridized carbons (Fsp3) is 1.00. The number of hydrogen-bond acceptors (Lipinski definition) is 3. The molecule has 0 aliphatic carbocycles. The van der Waals surface area contributed by atoms with Gasteiger partial charge in [-0.2, -0.15) is 8.42 Å². The van der Waals surface area contributed by atoms with Crippen molar-refractivity contribution < 1.29 is 12.6 Å². The molecule has 0 fully saturated rings. The Morgan fingerprint density at radius 1 is 1.36 bits per heavy atom. The van der Waals surface area contributed by atoms with Gasteiger partial charge in [0.2, 0.25) is 0 Å². The molecule has 0 aromatic heterocycles. The van der Waals surface area contributed by atoms with Gasteiger partial charge in [0, 0.05) is 0 Å². The molecule has 0 aliphatic heterocycles. The first-order chi connectivity index (χ1) is 4.77. The summed E-state index contributed by atoms with van der Waals surface area (Å²) in [4.78, 5) is 0. The van der Waals surface area contributed by atoms with Crippen molar-refractivity contribution in [1.82, 2.24) is 0 Å². The van der Waals surface area contributed by atoms with E-state index in [1.54, 1.807) is 13.8 Å². The summed E-state index contributed by atoms with van der Waals surface area (Å²) in [5.74, 6) is 0. The Morgan fingerprint density at radius 3 is 2.09 bits per heavy atom. The van der Waals surface area contributed by atoms with Gasteiger partial charge in [-0.15, -0.1) is 0 Å². The van der Waals surface area contributed by atoms with E-state index < -0.39 is 15.7 Å². The Kier molecular flexibility index (Phi) is 3.51. The molecule has 0 spiro atoms. The van der Waals surface area contributed by atoms with Crippen LogP contribution in [0.3, 0.4) is 0 Å². The predicted octanol–water partition coefficient (Wildman–Crippen LogP) is 1.54. The molecule has 0 unspecified atom stereocenters. The van der Waals surface area contributed by atoms with Crippen LogP contribution in [0.5, 0.6) is 0 Å². The van der Waals surface area contributed by atoms with Gasteiger partial charge in [0.1, 0.15) is 0 Å². The van der Waals surface area contributed by atoms with Crippen molar-refractivity contribution in [3.8, 4) is 0 Å². The standard InChI is InChI=1S/C7H16O3S/c1-5-6-7(2,3)10-11(4,8)9/h5-6H2,1-4H3. The van der Waals surface area contributed by atoms with E-state index in [2.05, 4.69) is 0 Å². The van der Waals surface area contributed by atoms with Crippen molar-refractivity contribution in [2.24, 2.45) is 0 Å². The second-order valence-corrected chi connectivity index (χ2v) is 4.87. The van der Waals surface area contributed by atoms with E-state index in [0.29, 0.717) is 0 Å². The van der Waals surface area contributed by atoms with Crippen LogP contribution in [0.15, 0.2) is 0 Å². The SMILES string of the molecule is CCCC(C)(C)OS(C)(=O)=O. The van der Waals surface area contributed by atoms with Gasteiger partial charge in [0.25, 0.3) is 10.1 Å². The molecule has 4 heteroatoms. The molecule has 0 amide bonds. The molecule has 3 nitrogen and oxygen atoms in total. The van der Waals surface area contributed by atoms with Crippen molar-refractivity contribution >= 4 is 10.1 Å². The third kappa shape index (κ3) is 6.31. The second kappa shape index (κ2) is 3.54. The second-order valence-electron chi connectivity index (χ2n) is 3.30. The van der Waals surface area contributed by atoms with E-state index in [1.165, 1.54) is 0 Å². The average molecular weight is 180 g/mol. The Labute approximate surface area is 68.9 Å². The van der Waals surface area contributed by atoms with Gasteiger partial charge in [-0.25, -0.2) is 0 Å². The van der Waals surface area contributed by atoms with Crippen LogP contribution in [-0.2, 0) is 14.3 Å². The summed E-state index contributed by atoms with van der Waals surface area (Å²) in [6.07, 6.45) is 2.74. The summed E-state index contributed by atoms with van der Waals surface area (Å²) in [7, 11) is -3.30. The molecule has 0 rings (SSSR count). The fourth-order valence-corrected chi connectivity index (χ4v) is 1.96. The van der Waals surface area contributed by atoms with E-state index in [4.69, 9.17) is 4.18 Å². The largest absolute Gasteiger partial charge is 0.264 e. The van der Waals surface area contributed by atoms with Gasteiger partial charge in [0.15, 0.2) is 0 Å². The monoisotopic (exact) mass is 180 g/mol. The maximum Gasteiger partial charge on any atom is 0.264 e. The minimum absolute atomic E-state index is 0.553. The molecule has 11 heavy (non-hydrogen) atoms. The molecule has 0 bridgehead atoms. The fourth-order valence-electron chi connectivity index (χ4n) is 1.05. The Bertz CT molecular complexity index is 204. The number of rotatable bonds is 4. The van der Waals surface area contributed by atoms with E-state index in [0.717, 1.165) is 19.1 Å². The summed E-state index contributed by atoms with van der Waals surface area (Å²) in [6, 6.07) is 0. The lowest BCUT2D eigenvalue weighted by atomic mass is 10.0. The number of hydrogen-bond donors (Lipinski definition) is 0. The van der Waals surface area contributed by atoms with Crippen LogP contribution < -0.4 is 0 Å². The first-order valence-electron chi connectivity index (χ1n) is 3.67. The first-order valence-corrected chi connectivity index (χ1v) is 5.49. The third-order valence-corrected chi connectivity index (χ3v) is 1.98. The van der Waals surface area contributed by atoms with Gasteiger partial charge in [0.05, 0.1) is 11.9 Å². The molecule has 0 saturated carbocycles. The molecule has 0 aromatic carbocycles. The minimum Gasteiger partial charge on any atom is -0.264 e. The highest BCUT2D eigenvalue weighted by Gasteiger charge is 2.22. The van der Waals surface area contributed by atoms with Gasteiger partial charge in [-0.3, -0.25) is 4.18 Å². The van der Waals surface area contributed by atoms with Crippen molar-refractivity contribution in [1.29, 1.82) is 0 Å². The smallest absolute Gasteiger partial charge is 0.264 e. The highest BCUT2D eigenvalue weighted by atomic mass is 32.2. The summed E-state index contributed by atoms with van der Waals surface area (Å²) in [6.45, 7) is 5.54. The zero-order chi connectivity index (χ0) is 9.12. The molecule has 0 saturated heterocycles. The zero-order valence-electron chi connectivity index (χ0n) is 7.55. The molecule has 0 radical (unpaired) electrons. The summed E-state index contributed by atoms with van der Waals surface area (Å²) >= 11 is 0.